The molecule has 1 aromatic rings. The van der Waals surface area contributed by atoms with Crippen molar-refractivity contribution in [3.05, 3.63) is 24.3 Å². The molecule has 1 aromatic carbocycles. The molecule has 19 heavy (non-hydrogen) atoms. The number of hydrogen-bond donors (Lipinski definition) is 1. The second kappa shape index (κ2) is 5.92. The molecule has 0 spiro atoms. The third kappa shape index (κ3) is 2.92. The molecule has 4 nitrogen and oxygen atoms in total. The molecule has 1 N–H and O–H groups in total. The van der Waals surface area contributed by atoms with Crippen LogP contribution in [0, 0.1) is 0 Å². The topological polar surface area (TPSA) is 55.4 Å². The average molecular weight is 283 g/mol. The van der Waals surface area contributed by atoms with Crippen LogP contribution in [-0.2, 0) is 9.84 Å². The number of rotatable bonds is 5. The highest BCUT2D eigenvalue weighted by Crippen LogP contribution is 2.31. The molecule has 0 radical (unpaired) electrons. The van der Waals surface area contributed by atoms with Crippen molar-refractivity contribution >= 4 is 9.84 Å². The average Bonchev–Trinajstić information content (AvgIpc) is 2.88. The molecule has 1 saturated carbocycles. The number of hydrogen-bond acceptors (Lipinski definition) is 4. The Balaban J connectivity index is 2.30. The van der Waals surface area contributed by atoms with E-state index in [1.807, 2.05) is 6.92 Å². The monoisotopic (exact) mass is 283 g/mol. The number of benzene rings is 1. The Bertz CT molecular complexity index is 527. The lowest BCUT2D eigenvalue weighted by Gasteiger charge is -2.20. The zero-order valence-corrected chi connectivity index (χ0v) is 12.2. The predicted octanol–water partition coefficient (Wildman–Crippen LogP) is 2.00. The van der Waals surface area contributed by atoms with E-state index in [9.17, 15) is 8.42 Å². The molecule has 106 valence electrons. The first-order chi connectivity index (χ1) is 9.09. The summed E-state index contributed by atoms with van der Waals surface area (Å²) in [6.07, 6.45) is 2.63. The quantitative estimate of drug-likeness (QED) is 0.898. The van der Waals surface area contributed by atoms with Crippen molar-refractivity contribution in [1.82, 2.24) is 5.32 Å². The van der Waals surface area contributed by atoms with E-state index in [1.54, 1.807) is 31.4 Å². The first-order valence-electron chi connectivity index (χ1n) is 6.71. The van der Waals surface area contributed by atoms with Crippen molar-refractivity contribution in [3.8, 4) is 5.75 Å². The second-order valence-electron chi connectivity index (χ2n) is 4.86. The number of sulfone groups is 1. The van der Waals surface area contributed by atoms with Gasteiger partial charge in [0.05, 0.1) is 17.3 Å². The molecular weight excluding hydrogens is 262 g/mol. The highest BCUT2D eigenvalue weighted by Gasteiger charge is 2.37. The number of methoxy groups -OCH3 is 1. The fourth-order valence-electron chi connectivity index (χ4n) is 2.75. The van der Waals surface area contributed by atoms with Crippen LogP contribution in [0.1, 0.15) is 26.2 Å². The minimum atomic E-state index is -3.29. The van der Waals surface area contributed by atoms with Gasteiger partial charge in [0.1, 0.15) is 5.75 Å². The van der Waals surface area contributed by atoms with E-state index in [-0.39, 0.29) is 11.3 Å². The predicted molar refractivity (Wildman–Crippen MR) is 75.3 cm³/mol. The Morgan fingerprint density at radius 1 is 1.37 bits per heavy atom. The van der Waals surface area contributed by atoms with Crippen LogP contribution in [-0.4, -0.2) is 33.4 Å². The first-order valence-corrected chi connectivity index (χ1v) is 8.25. The molecule has 1 aliphatic rings. The summed E-state index contributed by atoms with van der Waals surface area (Å²) >= 11 is 0. The van der Waals surface area contributed by atoms with E-state index in [1.165, 1.54) is 0 Å². The third-order valence-corrected chi connectivity index (χ3v) is 5.96. The Kier molecular flexibility index (Phi) is 4.47. The molecular formula is C14H21NO3S. The van der Waals surface area contributed by atoms with Crippen molar-refractivity contribution in [2.45, 2.75) is 42.4 Å². The van der Waals surface area contributed by atoms with Crippen LogP contribution in [0.3, 0.4) is 0 Å². The van der Waals surface area contributed by atoms with Gasteiger partial charge in [-0.05, 0) is 37.6 Å². The summed E-state index contributed by atoms with van der Waals surface area (Å²) in [5, 5.41) is 2.97. The zero-order chi connectivity index (χ0) is 13.9. The van der Waals surface area contributed by atoms with Crippen LogP contribution in [0.2, 0.25) is 0 Å². The lowest BCUT2D eigenvalue weighted by molar-refractivity contribution is 0.413. The third-order valence-electron chi connectivity index (χ3n) is 3.69. The Morgan fingerprint density at radius 3 is 2.84 bits per heavy atom. The maximum absolute atomic E-state index is 12.7. The van der Waals surface area contributed by atoms with Crippen molar-refractivity contribution in [1.29, 1.82) is 0 Å². The Morgan fingerprint density at radius 2 is 2.16 bits per heavy atom. The maximum Gasteiger partial charge on any atom is 0.182 e. The molecule has 2 atom stereocenters. The largest absolute Gasteiger partial charge is 0.497 e. The van der Waals surface area contributed by atoms with Crippen LogP contribution in [0.4, 0.5) is 0 Å². The van der Waals surface area contributed by atoms with Crippen LogP contribution in [0.5, 0.6) is 5.75 Å². The standard InChI is InChI=1S/C14H21NO3S/c1-3-15-13-8-5-9-14(13)19(16,17)12-7-4-6-11(10-12)18-2/h4,6-7,10,13-15H,3,5,8-9H2,1-2H3. The molecule has 2 rings (SSSR count). The summed E-state index contributed by atoms with van der Waals surface area (Å²) in [6.45, 7) is 2.81. The minimum Gasteiger partial charge on any atom is -0.497 e. The van der Waals surface area contributed by atoms with Crippen LogP contribution < -0.4 is 10.1 Å². The van der Waals surface area contributed by atoms with Gasteiger partial charge < -0.3 is 10.1 Å². The smallest absolute Gasteiger partial charge is 0.182 e. The normalized spacial score (nSPS) is 23.5. The molecule has 0 heterocycles. The van der Waals surface area contributed by atoms with Crippen LogP contribution in [0.15, 0.2) is 29.2 Å². The second-order valence-corrected chi connectivity index (χ2v) is 7.02. The van der Waals surface area contributed by atoms with E-state index in [0.29, 0.717) is 10.6 Å². The van der Waals surface area contributed by atoms with Crippen molar-refractivity contribution in [2.24, 2.45) is 0 Å². The van der Waals surface area contributed by atoms with E-state index < -0.39 is 9.84 Å². The summed E-state index contributed by atoms with van der Waals surface area (Å²) in [5.41, 5.74) is 0. The molecule has 0 aliphatic heterocycles. The summed E-state index contributed by atoms with van der Waals surface area (Å²) in [4.78, 5) is 0.363. The van der Waals surface area contributed by atoms with Crippen LogP contribution in [0.25, 0.3) is 0 Å². The van der Waals surface area contributed by atoms with E-state index in [2.05, 4.69) is 5.32 Å². The molecule has 0 saturated heterocycles. The van der Waals surface area contributed by atoms with Gasteiger partial charge in [-0.3, -0.25) is 0 Å². The van der Waals surface area contributed by atoms with Gasteiger partial charge in [-0.2, -0.15) is 0 Å². The van der Waals surface area contributed by atoms with Crippen LogP contribution >= 0.6 is 0 Å². The van der Waals surface area contributed by atoms with E-state index in [0.717, 1.165) is 25.8 Å². The summed E-state index contributed by atoms with van der Waals surface area (Å²) in [7, 11) is -1.74. The van der Waals surface area contributed by atoms with Gasteiger partial charge in [-0.25, -0.2) is 8.42 Å². The molecule has 1 aliphatic carbocycles. The van der Waals surface area contributed by atoms with Gasteiger partial charge >= 0.3 is 0 Å². The molecule has 1 fully saturated rings. The van der Waals surface area contributed by atoms with Gasteiger partial charge in [0.2, 0.25) is 0 Å². The SMILES string of the molecule is CCNC1CCCC1S(=O)(=O)c1cccc(OC)c1. The van der Waals surface area contributed by atoms with E-state index in [4.69, 9.17) is 4.74 Å². The molecule has 0 aromatic heterocycles. The fraction of sp³-hybridized carbons (Fsp3) is 0.571. The Hall–Kier alpha value is -1.07. The molecule has 2 unspecified atom stereocenters. The fourth-order valence-corrected chi connectivity index (χ4v) is 4.79. The van der Waals surface area contributed by atoms with Gasteiger partial charge in [0.15, 0.2) is 9.84 Å². The summed E-state index contributed by atoms with van der Waals surface area (Å²) in [6, 6.07) is 6.81. The summed E-state index contributed by atoms with van der Waals surface area (Å²) in [5.74, 6) is 0.582. The zero-order valence-electron chi connectivity index (χ0n) is 11.4. The summed E-state index contributed by atoms with van der Waals surface area (Å²) < 4.78 is 30.5. The lowest BCUT2D eigenvalue weighted by atomic mass is 10.2. The minimum absolute atomic E-state index is 0.0706. The lowest BCUT2D eigenvalue weighted by Crippen LogP contribution is -2.40. The van der Waals surface area contributed by atoms with Crippen molar-refractivity contribution in [2.75, 3.05) is 13.7 Å². The molecule has 0 bridgehead atoms. The van der Waals surface area contributed by atoms with Crippen molar-refractivity contribution < 1.29 is 13.2 Å². The maximum atomic E-state index is 12.7. The van der Waals surface area contributed by atoms with Gasteiger partial charge in [-0.1, -0.05) is 19.4 Å². The van der Waals surface area contributed by atoms with Gasteiger partial charge in [-0.15, -0.1) is 0 Å². The highest BCUT2D eigenvalue weighted by molar-refractivity contribution is 7.92. The van der Waals surface area contributed by atoms with Gasteiger partial charge in [0.25, 0.3) is 0 Å². The highest BCUT2D eigenvalue weighted by atomic mass is 32.2. The molecule has 0 amide bonds. The van der Waals surface area contributed by atoms with Crippen molar-refractivity contribution in [3.63, 3.8) is 0 Å². The molecule has 5 heteroatoms. The number of nitrogens with one attached hydrogen (secondary N) is 1. The first kappa shape index (κ1) is 14.3. The Labute approximate surface area is 115 Å². The van der Waals surface area contributed by atoms with E-state index >= 15 is 0 Å². The van der Waals surface area contributed by atoms with Gasteiger partial charge in [0, 0.05) is 6.04 Å². The number of ether oxygens (including phenoxy) is 1.